The fourth-order valence-corrected chi connectivity index (χ4v) is 1.83. The normalized spacial score (nSPS) is 13.5. The molecule has 2 amide bonds. The Morgan fingerprint density at radius 2 is 1.77 bits per heavy atom. The van der Waals surface area contributed by atoms with Crippen LogP contribution in [0, 0.1) is 17.7 Å². The van der Waals surface area contributed by atoms with Crippen molar-refractivity contribution in [3.8, 4) is 0 Å². The van der Waals surface area contributed by atoms with E-state index < -0.39 is 17.8 Å². The molecule has 0 aliphatic heterocycles. The Bertz CT molecular complexity index is 503. The highest BCUT2D eigenvalue weighted by Gasteiger charge is 2.24. The van der Waals surface area contributed by atoms with Gasteiger partial charge in [0.25, 0.3) is 5.91 Å². The van der Waals surface area contributed by atoms with Crippen molar-refractivity contribution in [1.82, 2.24) is 10.6 Å². The molecule has 1 aromatic rings. The number of nitrogens with one attached hydrogen (secondary N) is 2. The van der Waals surface area contributed by atoms with Crippen LogP contribution in [-0.2, 0) is 4.79 Å². The Kier molecular flexibility index (Phi) is 6.98. The first-order chi connectivity index (χ1) is 10.3. The molecule has 22 heavy (non-hydrogen) atoms. The zero-order valence-corrected chi connectivity index (χ0v) is 13.2. The summed E-state index contributed by atoms with van der Waals surface area (Å²) in [5, 5.41) is 5.48. The number of carbonyl (C=O) groups is 2. The van der Waals surface area contributed by atoms with Crippen LogP contribution in [0.25, 0.3) is 0 Å². The minimum Gasteiger partial charge on any atom is -0.354 e. The first-order valence-corrected chi connectivity index (χ1v) is 7.39. The van der Waals surface area contributed by atoms with Gasteiger partial charge in [-0.2, -0.15) is 0 Å². The van der Waals surface area contributed by atoms with Crippen LogP contribution in [0.2, 0.25) is 0 Å². The molecule has 0 bridgehead atoms. The summed E-state index contributed by atoms with van der Waals surface area (Å²) in [6, 6.07) is 4.54. The number of carbonyl (C=O) groups excluding carboxylic acids is 2. The van der Waals surface area contributed by atoms with Crippen LogP contribution in [0.1, 0.15) is 31.1 Å². The number of hydrogen-bond acceptors (Lipinski definition) is 3. The highest BCUT2D eigenvalue weighted by Crippen LogP contribution is 2.07. The van der Waals surface area contributed by atoms with Gasteiger partial charge in [0, 0.05) is 12.1 Å². The van der Waals surface area contributed by atoms with E-state index in [9.17, 15) is 14.0 Å². The molecule has 4 N–H and O–H groups in total. The number of benzene rings is 1. The first kappa shape index (κ1) is 18.1. The second kappa shape index (κ2) is 8.48. The van der Waals surface area contributed by atoms with Gasteiger partial charge >= 0.3 is 0 Å². The fraction of sp³-hybridized carbons (Fsp3) is 0.500. The van der Waals surface area contributed by atoms with Crippen LogP contribution in [-0.4, -0.2) is 30.9 Å². The number of nitrogens with two attached hydrogens (primary N) is 1. The maximum absolute atomic E-state index is 12.9. The van der Waals surface area contributed by atoms with Gasteiger partial charge in [0.15, 0.2) is 0 Å². The third-order valence-electron chi connectivity index (χ3n) is 3.37. The first-order valence-electron chi connectivity index (χ1n) is 7.39. The smallest absolute Gasteiger partial charge is 0.251 e. The molecule has 1 rings (SSSR count). The number of halogens is 1. The molecule has 5 nitrogen and oxygen atoms in total. The Balaban J connectivity index is 2.69. The molecular formula is C16H24FN3O2. The zero-order valence-electron chi connectivity index (χ0n) is 13.2. The number of rotatable bonds is 7. The van der Waals surface area contributed by atoms with Crippen molar-refractivity contribution in [3.05, 3.63) is 35.6 Å². The Morgan fingerprint density at radius 3 is 2.27 bits per heavy atom. The molecule has 0 radical (unpaired) electrons. The monoisotopic (exact) mass is 309 g/mol. The van der Waals surface area contributed by atoms with Gasteiger partial charge in [-0.15, -0.1) is 0 Å². The van der Waals surface area contributed by atoms with Gasteiger partial charge in [-0.3, -0.25) is 9.59 Å². The van der Waals surface area contributed by atoms with Gasteiger partial charge < -0.3 is 16.4 Å². The van der Waals surface area contributed by atoms with Gasteiger partial charge in [-0.25, -0.2) is 4.39 Å². The predicted octanol–water partition coefficient (Wildman–Crippen LogP) is 1.29. The van der Waals surface area contributed by atoms with Crippen LogP contribution in [0.3, 0.4) is 0 Å². The second-order valence-electron chi connectivity index (χ2n) is 5.79. The molecule has 1 aromatic carbocycles. The summed E-state index contributed by atoms with van der Waals surface area (Å²) in [5.74, 6) is -0.959. The second-order valence-corrected chi connectivity index (χ2v) is 5.79. The van der Waals surface area contributed by atoms with Gasteiger partial charge in [-0.1, -0.05) is 20.8 Å². The highest BCUT2D eigenvalue weighted by atomic mass is 19.1. The summed E-state index contributed by atoms with van der Waals surface area (Å²) >= 11 is 0. The molecule has 0 aliphatic carbocycles. The highest BCUT2D eigenvalue weighted by molar-refractivity contribution is 5.97. The maximum atomic E-state index is 12.9. The molecular weight excluding hydrogens is 285 g/mol. The summed E-state index contributed by atoms with van der Waals surface area (Å²) in [6.07, 6.45) is 0. The topological polar surface area (TPSA) is 84.2 Å². The molecule has 2 unspecified atom stereocenters. The number of amides is 2. The lowest BCUT2D eigenvalue weighted by Gasteiger charge is -2.22. The molecule has 0 spiro atoms. The Hall–Kier alpha value is -1.95. The summed E-state index contributed by atoms with van der Waals surface area (Å²) in [4.78, 5) is 24.3. The van der Waals surface area contributed by atoms with E-state index >= 15 is 0 Å². The van der Waals surface area contributed by atoms with Crippen molar-refractivity contribution >= 4 is 11.8 Å². The fourth-order valence-electron chi connectivity index (χ4n) is 1.83. The minimum absolute atomic E-state index is 0.0717. The molecule has 6 heteroatoms. The Morgan fingerprint density at radius 1 is 1.18 bits per heavy atom. The number of hydrogen-bond donors (Lipinski definition) is 3. The van der Waals surface area contributed by atoms with E-state index in [0.717, 1.165) is 0 Å². The van der Waals surface area contributed by atoms with Crippen LogP contribution in [0.15, 0.2) is 24.3 Å². The van der Waals surface area contributed by atoms with Gasteiger partial charge in [-0.05, 0) is 42.6 Å². The van der Waals surface area contributed by atoms with Crippen molar-refractivity contribution in [2.75, 3.05) is 13.1 Å². The lowest BCUT2D eigenvalue weighted by Crippen LogP contribution is -2.50. The van der Waals surface area contributed by atoms with E-state index in [2.05, 4.69) is 10.6 Å². The third kappa shape index (κ3) is 5.44. The largest absolute Gasteiger partial charge is 0.354 e. The molecule has 122 valence electrons. The molecule has 0 saturated heterocycles. The summed E-state index contributed by atoms with van der Waals surface area (Å²) < 4.78 is 12.9. The Labute approximate surface area is 130 Å². The molecule has 0 heterocycles. The van der Waals surface area contributed by atoms with Crippen molar-refractivity contribution in [2.24, 2.45) is 17.6 Å². The van der Waals surface area contributed by atoms with E-state index in [4.69, 9.17) is 5.73 Å². The molecule has 0 saturated carbocycles. The lowest BCUT2D eigenvalue weighted by atomic mass is 10.0. The van der Waals surface area contributed by atoms with E-state index in [1.807, 2.05) is 20.8 Å². The van der Waals surface area contributed by atoms with Gasteiger partial charge in [0.05, 0.1) is 0 Å². The van der Waals surface area contributed by atoms with Crippen molar-refractivity contribution < 1.29 is 14.0 Å². The molecule has 0 aromatic heterocycles. The standard InChI is InChI=1S/C16H24FN3O2/c1-10(2)14(16(22)19-9-11(3)8-18)20-15(21)12-4-6-13(17)7-5-12/h4-7,10-11,14H,8-9,18H2,1-3H3,(H,19,22)(H,20,21). The van der Waals surface area contributed by atoms with Crippen LogP contribution in [0.4, 0.5) is 4.39 Å². The SMILES string of the molecule is CC(CN)CNC(=O)C(NC(=O)c1ccc(F)cc1)C(C)C. The summed E-state index contributed by atoms with van der Waals surface area (Å²) in [5.41, 5.74) is 5.83. The third-order valence-corrected chi connectivity index (χ3v) is 3.37. The van der Waals surface area contributed by atoms with E-state index in [1.165, 1.54) is 24.3 Å². The van der Waals surface area contributed by atoms with Crippen LogP contribution < -0.4 is 16.4 Å². The summed E-state index contributed by atoms with van der Waals surface area (Å²) in [6.45, 7) is 6.57. The lowest BCUT2D eigenvalue weighted by molar-refractivity contribution is -0.124. The molecule has 0 fully saturated rings. The van der Waals surface area contributed by atoms with E-state index in [-0.39, 0.29) is 17.7 Å². The average Bonchev–Trinajstić information content (AvgIpc) is 2.49. The predicted molar refractivity (Wildman–Crippen MR) is 83.7 cm³/mol. The van der Waals surface area contributed by atoms with Gasteiger partial charge in [0.1, 0.15) is 11.9 Å². The minimum atomic E-state index is -0.650. The van der Waals surface area contributed by atoms with Crippen LogP contribution >= 0.6 is 0 Å². The molecule has 0 aliphatic rings. The van der Waals surface area contributed by atoms with Crippen molar-refractivity contribution in [2.45, 2.75) is 26.8 Å². The quantitative estimate of drug-likeness (QED) is 0.709. The maximum Gasteiger partial charge on any atom is 0.251 e. The zero-order chi connectivity index (χ0) is 16.7. The van der Waals surface area contributed by atoms with E-state index in [0.29, 0.717) is 18.7 Å². The van der Waals surface area contributed by atoms with Crippen molar-refractivity contribution in [3.63, 3.8) is 0 Å². The van der Waals surface area contributed by atoms with Crippen LogP contribution in [0.5, 0.6) is 0 Å². The summed E-state index contributed by atoms with van der Waals surface area (Å²) in [7, 11) is 0. The van der Waals surface area contributed by atoms with Gasteiger partial charge in [0.2, 0.25) is 5.91 Å². The van der Waals surface area contributed by atoms with E-state index in [1.54, 1.807) is 0 Å². The molecule has 2 atom stereocenters. The average molecular weight is 309 g/mol. The van der Waals surface area contributed by atoms with Crippen molar-refractivity contribution in [1.29, 1.82) is 0 Å².